The summed E-state index contributed by atoms with van der Waals surface area (Å²) in [5.41, 5.74) is 14.7. The molecule has 1 saturated carbocycles. The van der Waals surface area contributed by atoms with Crippen molar-refractivity contribution in [3.05, 3.63) is 23.3 Å². The second-order valence-electron chi connectivity index (χ2n) is 6.28. The van der Waals surface area contributed by atoms with Crippen LogP contribution < -0.4 is 11.5 Å². The standard InChI is InChI=1S/C17H26N2O2/c1-2-3-7-17(8-5-4-6-9-17)15-13(18)10-12(16(20)21)11-14(15)19/h10-11H,2-9,18-19H2,1H3,(H,20,21). The van der Waals surface area contributed by atoms with E-state index in [2.05, 4.69) is 6.92 Å². The van der Waals surface area contributed by atoms with E-state index in [9.17, 15) is 4.79 Å². The molecule has 1 aliphatic rings. The summed E-state index contributed by atoms with van der Waals surface area (Å²) in [5, 5.41) is 9.13. The number of aromatic carboxylic acids is 1. The second-order valence-corrected chi connectivity index (χ2v) is 6.28. The first-order chi connectivity index (χ1) is 10.00. The third-order valence-electron chi connectivity index (χ3n) is 4.80. The average molecular weight is 290 g/mol. The normalized spacial score (nSPS) is 17.6. The number of nitrogen functional groups attached to an aromatic ring is 2. The van der Waals surface area contributed by atoms with E-state index in [-0.39, 0.29) is 11.0 Å². The van der Waals surface area contributed by atoms with Crippen LogP contribution in [0.15, 0.2) is 12.1 Å². The molecule has 1 aromatic carbocycles. The van der Waals surface area contributed by atoms with E-state index in [4.69, 9.17) is 16.6 Å². The fourth-order valence-corrected chi connectivity index (χ4v) is 3.79. The lowest BCUT2D eigenvalue weighted by Gasteiger charge is -2.39. The lowest BCUT2D eigenvalue weighted by molar-refractivity contribution is 0.0697. The maximum Gasteiger partial charge on any atom is 0.335 e. The summed E-state index contributed by atoms with van der Waals surface area (Å²) in [4.78, 5) is 11.1. The summed E-state index contributed by atoms with van der Waals surface area (Å²) in [6.45, 7) is 2.19. The van der Waals surface area contributed by atoms with Gasteiger partial charge in [0.15, 0.2) is 0 Å². The molecule has 21 heavy (non-hydrogen) atoms. The summed E-state index contributed by atoms with van der Waals surface area (Å²) in [7, 11) is 0. The Morgan fingerprint density at radius 1 is 1.19 bits per heavy atom. The van der Waals surface area contributed by atoms with Gasteiger partial charge in [-0.05, 0) is 36.8 Å². The number of hydrogen-bond donors (Lipinski definition) is 3. The van der Waals surface area contributed by atoms with Crippen LogP contribution in [0.4, 0.5) is 11.4 Å². The monoisotopic (exact) mass is 290 g/mol. The van der Waals surface area contributed by atoms with Gasteiger partial charge in [-0.15, -0.1) is 0 Å². The summed E-state index contributed by atoms with van der Waals surface area (Å²) in [5.74, 6) is -0.980. The molecule has 1 aromatic rings. The van der Waals surface area contributed by atoms with Crippen LogP contribution in [-0.4, -0.2) is 11.1 Å². The Morgan fingerprint density at radius 3 is 2.24 bits per heavy atom. The Bertz CT molecular complexity index is 497. The fourth-order valence-electron chi connectivity index (χ4n) is 3.79. The average Bonchev–Trinajstić information content (AvgIpc) is 2.45. The number of carboxylic acids is 1. The van der Waals surface area contributed by atoms with Crippen LogP contribution in [0.1, 0.15) is 74.2 Å². The van der Waals surface area contributed by atoms with Crippen molar-refractivity contribution in [1.29, 1.82) is 0 Å². The van der Waals surface area contributed by atoms with E-state index in [1.54, 1.807) is 12.1 Å². The highest BCUT2D eigenvalue weighted by molar-refractivity contribution is 5.91. The Kier molecular flexibility index (Phi) is 4.76. The molecule has 1 aliphatic carbocycles. The molecule has 1 fully saturated rings. The van der Waals surface area contributed by atoms with Crippen LogP contribution in [0, 0.1) is 0 Å². The Balaban J connectivity index is 2.46. The van der Waals surface area contributed by atoms with Gasteiger partial charge in [0.1, 0.15) is 0 Å². The molecule has 0 spiro atoms. The van der Waals surface area contributed by atoms with Crippen molar-refractivity contribution in [2.24, 2.45) is 0 Å². The molecule has 4 heteroatoms. The number of benzene rings is 1. The molecular weight excluding hydrogens is 264 g/mol. The number of hydrogen-bond acceptors (Lipinski definition) is 3. The van der Waals surface area contributed by atoms with Crippen LogP contribution in [0.25, 0.3) is 0 Å². The van der Waals surface area contributed by atoms with Crippen molar-refractivity contribution >= 4 is 17.3 Å². The maximum absolute atomic E-state index is 11.1. The minimum Gasteiger partial charge on any atom is -0.478 e. The van der Waals surface area contributed by atoms with Gasteiger partial charge in [0.05, 0.1) is 5.56 Å². The topological polar surface area (TPSA) is 89.3 Å². The molecule has 4 nitrogen and oxygen atoms in total. The number of rotatable bonds is 5. The number of anilines is 2. The Hall–Kier alpha value is -1.71. The van der Waals surface area contributed by atoms with Gasteiger partial charge in [-0.2, -0.15) is 0 Å². The maximum atomic E-state index is 11.1. The molecule has 0 bridgehead atoms. The second kappa shape index (κ2) is 6.37. The van der Waals surface area contributed by atoms with Crippen LogP contribution in [-0.2, 0) is 5.41 Å². The van der Waals surface area contributed by atoms with Crippen molar-refractivity contribution < 1.29 is 9.90 Å². The molecule has 0 saturated heterocycles. The summed E-state index contributed by atoms with van der Waals surface area (Å²) in [6.07, 6.45) is 9.26. The van der Waals surface area contributed by atoms with Gasteiger partial charge in [-0.25, -0.2) is 4.79 Å². The number of carboxylic acid groups (broad SMARTS) is 1. The fraction of sp³-hybridized carbons (Fsp3) is 0.588. The third kappa shape index (κ3) is 3.14. The molecular formula is C17H26N2O2. The van der Waals surface area contributed by atoms with E-state index in [1.165, 1.54) is 19.3 Å². The van der Waals surface area contributed by atoms with Gasteiger partial charge >= 0.3 is 5.97 Å². The molecule has 0 heterocycles. The van der Waals surface area contributed by atoms with Gasteiger partial charge in [0.25, 0.3) is 0 Å². The molecule has 0 aliphatic heterocycles. The largest absolute Gasteiger partial charge is 0.478 e. The summed E-state index contributed by atoms with van der Waals surface area (Å²) >= 11 is 0. The van der Waals surface area contributed by atoms with Gasteiger partial charge in [-0.3, -0.25) is 0 Å². The minimum atomic E-state index is -0.980. The van der Waals surface area contributed by atoms with Crippen molar-refractivity contribution in [2.75, 3.05) is 11.5 Å². The smallest absolute Gasteiger partial charge is 0.335 e. The molecule has 116 valence electrons. The van der Waals surface area contributed by atoms with E-state index >= 15 is 0 Å². The van der Waals surface area contributed by atoms with Crippen molar-refractivity contribution in [3.8, 4) is 0 Å². The molecule has 0 unspecified atom stereocenters. The quantitative estimate of drug-likeness (QED) is 0.716. The molecule has 0 atom stereocenters. The predicted molar refractivity (Wildman–Crippen MR) is 86.5 cm³/mol. The molecule has 0 aromatic heterocycles. The van der Waals surface area contributed by atoms with Crippen molar-refractivity contribution in [1.82, 2.24) is 0 Å². The van der Waals surface area contributed by atoms with Crippen molar-refractivity contribution in [2.45, 2.75) is 63.7 Å². The van der Waals surface area contributed by atoms with Gasteiger partial charge < -0.3 is 16.6 Å². The Morgan fingerprint density at radius 2 is 1.76 bits per heavy atom. The first-order valence-corrected chi connectivity index (χ1v) is 7.93. The van der Waals surface area contributed by atoms with E-state index in [1.807, 2.05) is 0 Å². The highest BCUT2D eigenvalue weighted by Gasteiger charge is 2.36. The van der Waals surface area contributed by atoms with Crippen LogP contribution >= 0.6 is 0 Å². The van der Waals surface area contributed by atoms with E-state index in [0.29, 0.717) is 11.4 Å². The first kappa shape index (κ1) is 15.7. The minimum absolute atomic E-state index is 0.0411. The zero-order chi connectivity index (χ0) is 15.5. The zero-order valence-corrected chi connectivity index (χ0v) is 12.8. The van der Waals surface area contributed by atoms with Gasteiger partial charge in [0.2, 0.25) is 0 Å². The molecule has 0 amide bonds. The van der Waals surface area contributed by atoms with Gasteiger partial charge in [0, 0.05) is 16.9 Å². The summed E-state index contributed by atoms with van der Waals surface area (Å²) < 4.78 is 0. The lowest BCUT2D eigenvalue weighted by atomic mass is 9.65. The van der Waals surface area contributed by atoms with Gasteiger partial charge in [-0.1, -0.05) is 39.0 Å². The van der Waals surface area contributed by atoms with E-state index < -0.39 is 5.97 Å². The number of carbonyl (C=O) groups is 1. The van der Waals surface area contributed by atoms with Crippen LogP contribution in [0.5, 0.6) is 0 Å². The zero-order valence-electron chi connectivity index (χ0n) is 12.8. The first-order valence-electron chi connectivity index (χ1n) is 7.93. The number of unbranched alkanes of at least 4 members (excludes halogenated alkanes) is 1. The predicted octanol–water partition coefficient (Wildman–Crippen LogP) is 3.94. The highest BCUT2D eigenvalue weighted by Crippen LogP contribution is 2.47. The SMILES string of the molecule is CCCCC1(c2c(N)cc(C(=O)O)cc2N)CCCCC1. The van der Waals surface area contributed by atoms with Crippen LogP contribution in [0.2, 0.25) is 0 Å². The highest BCUT2D eigenvalue weighted by atomic mass is 16.4. The third-order valence-corrected chi connectivity index (χ3v) is 4.80. The van der Waals surface area contributed by atoms with E-state index in [0.717, 1.165) is 37.7 Å². The lowest BCUT2D eigenvalue weighted by Crippen LogP contribution is -2.31. The molecule has 5 N–H and O–H groups in total. The Labute approximate surface area is 126 Å². The molecule has 2 rings (SSSR count). The molecule has 0 radical (unpaired) electrons. The summed E-state index contributed by atoms with van der Waals surface area (Å²) in [6, 6.07) is 3.13. The van der Waals surface area contributed by atoms with Crippen LogP contribution in [0.3, 0.4) is 0 Å². The van der Waals surface area contributed by atoms with Crippen molar-refractivity contribution in [3.63, 3.8) is 0 Å². The number of nitrogens with two attached hydrogens (primary N) is 2.